The summed E-state index contributed by atoms with van der Waals surface area (Å²) in [4.78, 5) is 0.105. The Morgan fingerprint density at radius 2 is 2.05 bits per heavy atom. The molecular formula is C15H18ClNO4S. The second-order valence-corrected chi connectivity index (χ2v) is 7.58. The summed E-state index contributed by atoms with van der Waals surface area (Å²) in [5.41, 5.74) is -0.792. The zero-order chi connectivity index (χ0) is 16.4. The maximum absolute atomic E-state index is 12.4. The monoisotopic (exact) mass is 343 g/mol. The standard InChI is InChI=1S/C15H18ClNO4S/c1-11-13(16)6-3-7-14(11)22(19,20)17-10-15(2,18)9-12-5-4-8-21-12/h3-8,17-18H,9-10H2,1-2H3/t15-/m0/s1. The Balaban J connectivity index is 2.10. The lowest BCUT2D eigenvalue weighted by molar-refractivity contribution is 0.0603. The number of benzene rings is 1. The number of hydrogen-bond donors (Lipinski definition) is 2. The van der Waals surface area contributed by atoms with Gasteiger partial charge >= 0.3 is 0 Å². The minimum Gasteiger partial charge on any atom is -0.469 e. The van der Waals surface area contributed by atoms with Gasteiger partial charge in [0.15, 0.2) is 0 Å². The van der Waals surface area contributed by atoms with Crippen LogP contribution in [0.1, 0.15) is 18.2 Å². The zero-order valence-electron chi connectivity index (χ0n) is 12.3. The Hall–Kier alpha value is -1.34. The molecule has 0 fully saturated rings. The molecule has 0 unspecified atom stereocenters. The SMILES string of the molecule is Cc1c(Cl)cccc1S(=O)(=O)NC[C@@](C)(O)Cc1ccco1. The lowest BCUT2D eigenvalue weighted by Gasteiger charge is -2.22. The van der Waals surface area contributed by atoms with Gasteiger partial charge in [0.2, 0.25) is 10.0 Å². The third-order valence-corrected chi connectivity index (χ3v) is 5.24. The van der Waals surface area contributed by atoms with Gasteiger partial charge in [-0.2, -0.15) is 0 Å². The highest BCUT2D eigenvalue weighted by Crippen LogP contribution is 2.23. The van der Waals surface area contributed by atoms with Crippen LogP contribution in [0.15, 0.2) is 45.9 Å². The molecule has 0 aliphatic carbocycles. The molecule has 1 heterocycles. The van der Waals surface area contributed by atoms with Crippen molar-refractivity contribution in [2.45, 2.75) is 30.8 Å². The van der Waals surface area contributed by atoms with Crippen LogP contribution in [0, 0.1) is 6.92 Å². The van der Waals surface area contributed by atoms with Gasteiger partial charge in [-0.15, -0.1) is 0 Å². The topological polar surface area (TPSA) is 79.5 Å². The van der Waals surface area contributed by atoms with Crippen molar-refractivity contribution in [1.82, 2.24) is 4.72 Å². The van der Waals surface area contributed by atoms with Crippen LogP contribution in [0.3, 0.4) is 0 Å². The van der Waals surface area contributed by atoms with E-state index in [2.05, 4.69) is 4.72 Å². The molecule has 0 saturated carbocycles. The summed E-state index contributed by atoms with van der Waals surface area (Å²) in [5.74, 6) is 0.586. The fraction of sp³-hybridized carbons (Fsp3) is 0.333. The number of halogens is 1. The summed E-state index contributed by atoms with van der Waals surface area (Å²) in [6, 6.07) is 8.12. The first-order chi connectivity index (χ1) is 10.2. The molecule has 2 aromatic rings. The molecule has 7 heteroatoms. The van der Waals surface area contributed by atoms with Gasteiger partial charge in [-0.1, -0.05) is 17.7 Å². The van der Waals surface area contributed by atoms with Gasteiger partial charge < -0.3 is 9.52 Å². The summed E-state index contributed by atoms with van der Waals surface area (Å²) in [6.07, 6.45) is 1.71. The first-order valence-electron chi connectivity index (χ1n) is 6.71. The lowest BCUT2D eigenvalue weighted by Crippen LogP contribution is -2.42. The fourth-order valence-electron chi connectivity index (χ4n) is 2.06. The molecule has 1 aromatic carbocycles. The molecule has 120 valence electrons. The van der Waals surface area contributed by atoms with E-state index in [1.165, 1.54) is 12.3 Å². The first kappa shape index (κ1) is 17.0. The number of rotatable bonds is 6. The molecule has 0 saturated heterocycles. The molecule has 1 aromatic heterocycles. The molecule has 1 atom stereocenters. The van der Waals surface area contributed by atoms with Gasteiger partial charge in [-0.3, -0.25) is 0 Å². The van der Waals surface area contributed by atoms with Crippen LogP contribution in [-0.2, 0) is 16.4 Å². The van der Waals surface area contributed by atoms with Gasteiger partial charge in [0, 0.05) is 18.0 Å². The van der Waals surface area contributed by atoms with Crippen LogP contribution in [0.5, 0.6) is 0 Å². The van der Waals surface area contributed by atoms with Gasteiger partial charge in [0.05, 0.1) is 16.8 Å². The molecule has 0 spiro atoms. The molecular weight excluding hydrogens is 326 g/mol. The van der Waals surface area contributed by atoms with Crippen LogP contribution in [0.2, 0.25) is 5.02 Å². The summed E-state index contributed by atoms with van der Waals surface area (Å²) >= 11 is 5.95. The van der Waals surface area contributed by atoms with Crippen LogP contribution < -0.4 is 4.72 Å². The maximum atomic E-state index is 12.4. The highest BCUT2D eigenvalue weighted by atomic mass is 35.5. The van der Waals surface area contributed by atoms with Crippen LogP contribution in [0.25, 0.3) is 0 Å². The van der Waals surface area contributed by atoms with Crippen LogP contribution in [0.4, 0.5) is 0 Å². The highest BCUT2D eigenvalue weighted by molar-refractivity contribution is 7.89. The number of aliphatic hydroxyl groups is 1. The van der Waals surface area contributed by atoms with E-state index in [-0.39, 0.29) is 17.9 Å². The van der Waals surface area contributed by atoms with Crippen molar-refractivity contribution in [3.63, 3.8) is 0 Å². The Labute approximate surface area is 135 Å². The van der Waals surface area contributed by atoms with Crippen molar-refractivity contribution < 1.29 is 17.9 Å². The third-order valence-electron chi connectivity index (χ3n) is 3.29. The minimum absolute atomic E-state index is 0.105. The second kappa shape index (κ2) is 6.42. The van der Waals surface area contributed by atoms with E-state index in [9.17, 15) is 13.5 Å². The van der Waals surface area contributed by atoms with Crippen LogP contribution in [-0.4, -0.2) is 25.7 Å². The van der Waals surface area contributed by atoms with Gasteiger partial charge in [-0.05, 0) is 43.7 Å². The van der Waals surface area contributed by atoms with Crippen molar-refractivity contribution in [2.75, 3.05) is 6.54 Å². The Morgan fingerprint density at radius 3 is 2.68 bits per heavy atom. The molecule has 0 amide bonds. The van der Waals surface area contributed by atoms with E-state index in [1.807, 2.05) is 0 Å². The van der Waals surface area contributed by atoms with E-state index in [0.717, 1.165) is 0 Å². The molecule has 2 rings (SSSR count). The summed E-state index contributed by atoms with van der Waals surface area (Å²) in [6.45, 7) is 3.04. The molecule has 0 bridgehead atoms. The molecule has 0 radical (unpaired) electrons. The third kappa shape index (κ3) is 4.10. The molecule has 2 N–H and O–H groups in total. The number of furan rings is 1. The molecule has 0 aliphatic heterocycles. The van der Waals surface area contributed by atoms with Gasteiger partial charge in [-0.25, -0.2) is 13.1 Å². The van der Waals surface area contributed by atoms with E-state index in [0.29, 0.717) is 16.3 Å². The van der Waals surface area contributed by atoms with Crippen molar-refractivity contribution in [1.29, 1.82) is 0 Å². The minimum atomic E-state index is -3.75. The number of hydrogen-bond acceptors (Lipinski definition) is 4. The van der Waals surface area contributed by atoms with Crippen molar-refractivity contribution >= 4 is 21.6 Å². The first-order valence-corrected chi connectivity index (χ1v) is 8.57. The second-order valence-electron chi connectivity index (χ2n) is 5.44. The molecule has 5 nitrogen and oxygen atoms in total. The zero-order valence-corrected chi connectivity index (χ0v) is 13.9. The Morgan fingerprint density at radius 1 is 1.32 bits per heavy atom. The van der Waals surface area contributed by atoms with Crippen LogP contribution >= 0.6 is 11.6 Å². The fourth-order valence-corrected chi connectivity index (χ4v) is 3.72. The predicted octanol–water partition coefficient (Wildman–Crippen LogP) is 2.51. The average molecular weight is 344 g/mol. The van der Waals surface area contributed by atoms with E-state index >= 15 is 0 Å². The smallest absolute Gasteiger partial charge is 0.240 e. The normalized spacial score (nSPS) is 14.7. The highest BCUT2D eigenvalue weighted by Gasteiger charge is 2.26. The number of nitrogens with one attached hydrogen (secondary N) is 1. The Kier molecular flexibility index (Phi) is 4.97. The molecule has 22 heavy (non-hydrogen) atoms. The predicted molar refractivity (Wildman–Crippen MR) is 84.4 cm³/mol. The maximum Gasteiger partial charge on any atom is 0.240 e. The van der Waals surface area contributed by atoms with E-state index in [1.54, 1.807) is 38.1 Å². The summed E-state index contributed by atoms with van der Waals surface area (Å²) < 4.78 is 32.3. The quantitative estimate of drug-likeness (QED) is 0.844. The van der Waals surface area contributed by atoms with Gasteiger partial charge in [0.25, 0.3) is 0 Å². The largest absolute Gasteiger partial charge is 0.469 e. The summed E-state index contributed by atoms with van der Waals surface area (Å²) in [7, 11) is -3.75. The lowest BCUT2D eigenvalue weighted by atomic mass is 10.0. The van der Waals surface area contributed by atoms with E-state index < -0.39 is 15.6 Å². The summed E-state index contributed by atoms with van der Waals surface area (Å²) in [5, 5.41) is 10.7. The Bertz CT molecular complexity index is 739. The molecule has 0 aliphatic rings. The van der Waals surface area contributed by atoms with E-state index in [4.69, 9.17) is 16.0 Å². The number of sulfonamides is 1. The van der Waals surface area contributed by atoms with Crippen molar-refractivity contribution in [2.24, 2.45) is 0 Å². The van der Waals surface area contributed by atoms with Gasteiger partial charge in [0.1, 0.15) is 5.76 Å². The van der Waals surface area contributed by atoms with Crippen molar-refractivity contribution in [3.05, 3.63) is 52.9 Å². The average Bonchev–Trinajstić information content (AvgIpc) is 2.92. The van der Waals surface area contributed by atoms with Crippen molar-refractivity contribution in [3.8, 4) is 0 Å².